The summed E-state index contributed by atoms with van der Waals surface area (Å²) in [6.45, 7) is 7.42. The van der Waals surface area contributed by atoms with Crippen LogP contribution in [0.2, 0.25) is 0 Å². The van der Waals surface area contributed by atoms with Crippen LogP contribution in [0, 0.1) is 19.7 Å². The Bertz CT molecular complexity index is 922. The molecular weight excluding hydrogens is 341 g/mol. The standard InChI is InChI=1S/C19H22FNO3S/c1-12-5-7-15-16(11-19(3,4)24-17(15)9-12)21-25(22,23)18-8-6-14(20)10-13(18)2/h5-10,16,21H,11H2,1-4H3. The van der Waals surface area contributed by atoms with Crippen molar-refractivity contribution < 1.29 is 17.5 Å². The Labute approximate surface area is 148 Å². The third kappa shape index (κ3) is 3.70. The number of nitrogens with one attached hydrogen (secondary N) is 1. The van der Waals surface area contributed by atoms with Crippen molar-refractivity contribution in [1.82, 2.24) is 4.72 Å². The Kier molecular flexibility index (Phi) is 4.37. The van der Waals surface area contributed by atoms with E-state index in [9.17, 15) is 12.8 Å². The minimum absolute atomic E-state index is 0.0897. The summed E-state index contributed by atoms with van der Waals surface area (Å²) in [5, 5.41) is 0. The average Bonchev–Trinajstić information content (AvgIpc) is 2.44. The van der Waals surface area contributed by atoms with Crippen molar-refractivity contribution in [3.8, 4) is 5.75 Å². The molecule has 6 heteroatoms. The smallest absolute Gasteiger partial charge is 0.241 e. The molecule has 2 aromatic rings. The van der Waals surface area contributed by atoms with Gasteiger partial charge >= 0.3 is 0 Å². The lowest BCUT2D eigenvalue weighted by Gasteiger charge is -2.38. The lowest BCUT2D eigenvalue weighted by molar-refractivity contribution is 0.0701. The third-order valence-electron chi connectivity index (χ3n) is 4.35. The molecule has 4 nitrogen and oxygen atoms in total. The molecule has 1 heterocycles. The van der Waals surface area contributed by atoms with Gasteiger partial charge in [-0.25, -0.2) is 17.5 Å². The topological polar surface area (TPSA) is 55.4 Å². The van der Waals surface area contributed by atoms with Gasteiger partial charge in [-0.2, -0.15) is 0 Å². The van der Waals surface area contributed by atoms with Gasteiger partial charge in [-0.05, 0) is 63.1 Å². The minimum atomic E-state index is -3.78. The summed E-state index contributed by atoms with van der Waals surface area (Å²) in [6, 6.07) is 9.02. The number of halogens is 1. The van der Waals surface area contributed by atoms with Gasteiger partial charge in [0.05, 0.1) is 10.9 Å². The minimum Gasteiger partial charge on any atom is -0.487 e. The molecule has 0 amide bonds. The molecule has 1 unspecified atom stereocenters. The SMILES string of the molecule is Cc1ccc2c(c1)OC(C)(C)CC2NS(=O)(=O)c1ccc(F)cc1C. The van der Waals surface area contributed by atoms with Crippen molar-refractivity contribution in [1.29, 1.82) is 0 Å². The number of hydrogen-bond acceptors (Lipinski definition) is 3. The Morgan fingerprint density at radius 2 is 1.88 bits per heavy atom. The molecule has 0 saturated heterocycles. The molecule has 0 aromatic heterocycles. The molecule has 134 valence electrons. The zero-order valence-corrected chi connectivity index (χ0v) is 15.6. The molecule has 0 aliphatic carbocycles. The van der Waals surface area contributed by atoms with Crippen LogP contribution in [0.5, 0.6) is 5.75 Å². The Balaban J connectivity index is 1.99. The highest BCUT2D eigenvalue weighted by Crippen LogP contribution is 2.40. The Morgan fingerprint density at radius 1 is 1.16 bits per heavy atom. The number of benzene rings is 2. The zero-order valence-electron chi connectivity index (χ0n) is 14.8. The Hall–Kier alpha value is -1.92. The summed E-state index contributed by atoms with van der Waals surface area (Å²) in [7, 11) is -3.78. The molecule has 0 radical (unpaired) electrons. The van der Waals surface area contributed by atoms with Crippen LogP contribution in [0.3, 0.4) is 0 Å². The van der Waals surface area contributed by atoms with E-state index >= 15 is 0 Å². The average molecular weight is 363 g/mol. The summed E-state index contributed by atoms with van der Waals surface area (Å²) in [5.41, 5.74) is 1.75. The molecule has 1 N–H and O–H groups in total. The summed E-state index contributed by atoms with van der Waals surface area (Å²) < 4.78 is 47.8. The van der Waals surface area contributed by atoms with Crippen LogP contribution in [-0.4, -0.2) is 14.0 Å². The predicted octanol–water partition coefficient (Wildman–Crippen LogP) is 4.02. The van der Waals surface area contributed by atoms with E-state index in [2.05, 4.69) is 4.72 Å². The van der Waals surface area contributed by atoms with Gasteiger partial charge in [0.1, 0.15) is 17.2 Å². The normalized spacial score (nSPS) is 19.2. The quantitative estimate of drug-likeness (QED) is 0.896. The summed E-state index contributed by atoms with van der Waals surface area (Å²) >= 11 is 0. The van der Waals surface area contributed by atoms with Gasteiger partial charge in [0.15, 0.2) is 0 Å². The van der Waals surface area contributed by atoms with Crippen LogP contribution in [0.15, 0.2) is 41.3 Å². The maximum absolute atomic E-state index is 13.3. The fourth-order valence-corrected chi connectivity index (χ4v) is 4.67. The van der Waals surface area contributed by atoms with E-state index in [0.717, 1.165) is 17.2 Å². The van der Waals surface area contributed by atoms with Crippen LogP contribution in [0.1, 0.15) is 43.0 Å². The van der Waals surface area contributed by atoms with E-state index in [4.69, 9.17) is 4.74 Å². The van der Waals surface area contributed by atoms with Crippen molar-refractivity contribution in [2.45, 2.75) is 50.7 Å². The largest absolute Gasteiger partial charge is 0.487 e. The van der Waals surface area contributed by atoms with Crippen molar-refractivity contribution in [3.05, 3.63) is 58.9 Å². The van der Waals surface area contributed by atoms with Gasteiger partial charge < -0.3 is 4.74 Å². The van der Waals surface area contributed by atoms with Crippen molar-refractivity contribution in [3.63, 3.8) is 0 Å². The van der Waals surface area contributed by atoms with E-state index in [1.807, 2.05) is 39.0 Å². The van der Waals surface area contributed by atoms with Crippen LogP contribution in [-0.2, 0) is 10.0 Å². The second-order valence-corrected chi connectivity index (χ2v) is 8.87. The second kappa shape index (κ2) is 6.11. The number of hydrogen-bond donors (Lipinski definition) is 1. The monoisotopic (exact) mass is 363 g/mol. The first kappa shape index (κ1) is 17.9. The molecule has 1 aliphatic heterocycles. The van der Waals surface area contributed by atoms with Gasteiger partial charge in [-0.1, -0.05) is 12.1 Å². The second-order valence-electron chi connectivity index (χ2n) is 7.19. The number of fused-ring (bicyclic) bond motifs is 1. The van der Waals surface area contributed by atoms with Crippen LogP contribution in [0.4, 0.5) is 4.39 Å². The van der Waals surface area contributed by atoms with Crippen LogP contribution >= 0.6 is 0 Å². The summed E-state index contributed by atoms with van der Waals surface area (Å²) in [5.74, 6) is 0.240. The molecule has 0 saturated carbocycles. The molecular formula is C19H22FNO3S. The molecule has 2 aromatic carbocycles. The number of rotatable bonds is 3. The summed E-state index contributed by atoms with van der Waals surface area (Å²) in [4.78, 5) is 0.0897. The first-order chi connectivity index (χ1) is 11.6. The van der Waals surface area contributed by atoms with E-state index < -0.39 is 27.5 Å². The highest BCUT2D eigenvalue weighted by atomic mass is 32.2. The van der Waals surface area contributed by atoms with Gasteiger partial charge in [0.2, 0.25) is 10.0 Å². The van der Waals surface area contributed by atoms with Gasteiger partial charge in [-0.3, -0.25) is 0 Å². The molecule has 25 heavy (non-hydrogen) atoms. The van der Waals surface area contributed by atoms with E-state index in [1.165, 1.54) is 12.1 Å². The van der Waals surface area contributed by atoms with Gasteiger partial charge in [0, 0.05) is 12.0 Å². The maximum atomic E-state index is 13.3. The zero-order chi connectivity index (χ0) is 18.4. The highest BCUT2D eigenvalue weighted by molar-refractivity contribution is 7.89. The van der Waals surface area contributed by atoms with Crippen molar-refractivity contribution >= 4 is 10.0 Å². The van der Waals surface area contributed by atoms with Crippen LogP contribution in [0.25, 0.3) is 0 Å². The number of sulfonamides is 1. The third-order valence-corrected chi connectivity index (χ3v) is 5.98. The summed E-state index contributed by atoms with van der Waals surface area (Å²) in [6.07, 6.45) is 0.503. The molecule has 1 atom stereocenters. The fourth-order valence-electron chi connectivity index (χ4n) is 3.23. The van der Waals surface area contributed by atoms with Gasteiger partial charge in [0.25, 0.3) is 0 Å². The molecule has 0 fully saturated rings. The molecule has 0 bridgehead atoms. The van der Waals surface area contributed by atoms with Crippen LogP contribution < -0.4 is 9.46 Å². The highest BCUT2D eigenvalue weighted by Gasteiger charge is 2.36. The first-order valence-corrected chi connectivity index (χ1v) is 9.64. The van der Waals surface area contributed by atoms with Crippen molar-refractivity contribution in [2.24, 2.45) is 0 Å². The molecule has 3 rings (SSSR count). The number of aryl methyl sites for hydroxylation is 2. The van der Waals surface area contributed by atoms with E-state index in [0.29, 0.717) is 17.7 Å². The lowest BCUT2D eigenvalue weighted by Crippen LogP contribution is -2.41. The van der Waals surface area contributed by atoms with E-state index in [-0.39, 0.29) is 4.90 Å². The van der Waals surface area contributed by atoms with E-state index in [1.54, 1.807) is 6.92 Å². The van der Waals surface area contributed by atoms with Crippen molar-refractivity contribution in [2.75, 3.05) is 0 Å². The maximum Gasteiger partial charge on any atom is 0.241 e. The lowest BCUT2D eigenvalue weighted by atomic mass is 9.90. The fraction of sp³-hybridized carbons (Fsp3) is 0.368. The molecule has 1 aliphatic rings. The van der Waals surface area contributed by atoms with Gasteiger partial charge in [-0.15, -0.1) is 0 Å². The predicted molar refractivity (Wildman–Crippen MR) is 94.7 cm³/mol. The Morgan fingerprint density at radius 3 is 2.56 bits per heavy atom. The first-order valence-electron chi connectivity index (χ1n) is 8.15. The molecule has 0 spiro atoms. The number of ether oxygens (including phenoxy) is 1.